The molecule has 3 unspecified atom stereocenters. The number of carbonyl (C=O) groups is 2. The van der Waals surface area contributed by atoms with Gasteiger partial charge in [-0.3, -0.25) is 4.79 Å². The number of thiophene rings is 1. The monoisotopic (exact) mass is 307 g/mol. The van der Waals surface area contributed by atoms with E-state index >= 15 is 0 Å². The largest absolute Gasteiger partial charge is 0.465 e. The summed E-state index contributed by atoms with van der Waals surface area (Å²) in [5.74, 6) is 1.10. The molecule has 1 aromatic heterocycles. The van der Waals surface area contributed by atoms with Crippen LogP contribution in [0.4, 0.5) is 5.00 Å². The van der Waals surface area contributed by atoms with Crippen molar-refractivity contribution < 1.29 is 14.3 Å². The van der Waals surface area contributed by atoms with Crippen molar-refractivity contribution >= 4 is 28.2 Å². The van der Waals surface area contributed by atoms with Crippen LogP contribution < -0.4 is 5.32 Å². The second-order valence-electron chi connectivity index (χ2n) is 6.25. The van der Waals surface area contributed by atoms with E-state index in [4.69, 9.17) is 4.74 Å². The third-order valence-corrected chi connectivity index (χ3v) is 6.21. The van der Waals surface area contributed by atoms with E-state index in [-0.39, 0.29) is 17.8 Å². The van der Waals surface area contributed by atoms with Gasteiger partial charge in [0.1, 0.15) is 5.00 Å². The summed E-state index contributed by atoms with van der Waals surface area (Å²) in [6.07, 6.45) is 4.66. The zero-order valence-electron chi connectivity index (χ0n) is 12.7. The van der Waals surface area contributed by atoms with Gasteiger partial charge in [0.15, 0.2) is 0 Å². The smallest absolute Gasteiger partial charge is 0.341 e. The molecule has 2 aliphatic carbocycles. The lowest BCUT2D eigenvalue weighted by Crippen LogP contribution is -2.27. The molecule has 2 bridgehead atoms. The van der Waals surface area contributed by atoms with Gasteiger partial charge >= 0.3 is 5.97 Å². The van der Waals surface area contributed by atoms with Crippen molar-refractivity contribution in [3.05, 3.63) is 16.0 Å². The highest BCUT2D eigenvalue weighted by atomic mass is 32.1. The van der Waals surface area contributed by atoms with Crippen molar-refractivity contribution in [2.75, 3.05) is 12.4 Å². The Hall–Kier alpha value is -1.36. The molecule has 2 aliphatic rings. The number of hydrogen-bond donors (Lipinski definition) is 1. The highest BCUT2D eigenvalue weighted by molar-refractivity contribution is 7.16. The van der Waals surface area contributed by atoms with Gasteiger partial charge in [-0.25, -0.2) is 4.79 Å². The van der Waals surface area contributed by atoms with E-state index in [2.05, 4.69) is 5.32 Å². The molecule has 1 N–H and O–H groups in total. The lowest BCUT2D eigenvalue weighted by molar-refractivity contribution is -0.121. The molecule has 1 amide bonds. The SMILES string of the molecule is COC(=O)c1c(NC(=O)C2CC3CCC2C3)sc(C)c1C. The fraction of sp³-hybridized carbons (Fsp3) is 0.625. The first-order valence-corrected chi connectivity index (χ1v) is 8.32. The predicted molar refractivity (Wildman–Crippen MR) is 82.7 cm³/mol. The molecule has 2 fully saturated rings. The van der Waals surface area contributed by atoms with Crippen molar-refractivity contribution in [2.24, 2.45) is 17.8 Å². The van der Waals surface area contributed by atoms with Gasteiger partial charge in [-0.15, -0.1) is 11.3 Å². The minimum absolute atomic E-state index is 0.0774. The van der Waals surface area contributed by atoms with Crippen molar-refractivity contribution in [1.29, 1.82) is 0 Å². The number of fused-ring (bicyclic) bond motifs is 2. The maximum atomic E-state index is 12.5. The first-order valence-electron chi connectivity index (χ1n) is 7.50. The number of rotatable bonds is 3. The van der Waals surface area contributed by atoms with Crippen molar-refractivity contribution in [1.82, 2.24) is 0 Å². The lowest BCUT2D eigenvalue weighted by atomic mass is 9.88. The molecule has 3 atom stereocenters. The molecule has 4 nitrogen and oxygen atoms in total. The normalized spacial score (nSPS) is 26.9. The van der Waals surface area contributed by atoms with Gasteiger partial charge < -0.3 is 10.1 Å². The van der Waals surface area contributed by atoms with E-state index in [9.17, 15) is 9.59 Å². The van der Waals surface area contributed by atoms with Gasteiger partial charge in [-0.05, 0) is 50.5 Å². The summed E-state index contributed by atoms with van der Waals surface area (Å²) in [4.78, 5) is 25.5. The zero-order valence-corrected chi connectivity index (χ0v) is 13.5. The molecule has 0 saturated heterocycles. The van der Waals surface area contributed by atoms with E-state index in [0.717, 1.165) is 22.8 Å². The van der Waals surface area contributed by atoms with Gasteiger partial charge in [0.05, 0.1) is 12.7 Å². The summed E-state index contributed by atoms with van der Waals surface area (Å²) in [5.41, 5.74) is 1.41. The lowest BCUT2D eigenvalue weighted by Gasteiger charge is -2.20. The number of ether oxygens (including phenoxy) is 1. The average molecular weight is 307 g/mol. The van der Waals surface area contributed by atoms with Crippen LogP contribution in [0, 0.1) is 31.6 Å². The topological polar surface area (TPSA) is 55.4 Å². The Balaban J connectivity index is 1.80. The van der Waals surface area contributed by atoms with Crippen LogP contribution in [0.15, 0.2) is 0 Å². The van der Waals surface area contributed by atoms with Crippen LogP contribution in [0.5, 0.6) is 0 Å². The second-order valence-corrected chi connectivity index (χ2v) is 7.47. The molecule has 21 heavy (non-hydrogen) atoms. The van der Waals surface area contributed by atoms with Gasteiger partial charge in [0.25, 0.3) is 0 Å². The van der Waals surface area contributed by atoms with Crippen LogP contribution in [0.2, 0.25) is 0 Å². The van der Waals surface area contributed by atoms with Crippen LogP contribution in [0.25, 0.3) is 0 Å². The summed E-state index contributed by atoms with van der Waals surface area (Å²) >= 11 is 1.46. The fourth-order valence-electron chi connectivity index (χ4n) is 3.83. The molecule has 0 aliphatic heterocycles. The number of anilines is 1. The Kier molecular flexibility index (Phi) is 3.78. The Morgan fingerprint density at radius 3 is 2.57 bits per heavy atom. The maximum Gasteiger partial charge on any atom is 0.341 e. The maximum absolute atomic E-state index is 12.5. The van der Waals surface area contributed by atoms with Crippen LogP contribution >= 0.6 is 11.3 Å². The number of nitrogens with one attached hydrogen (secondary N) is 1. The van der Waals surface area contributed by atoms with Crippen LogP contribution in [0.1, 0.15) is 46.5 Å². The third-order valence-electron chi connectivity index (χ3n) is 5.09. The fourth-order valence-corrected chi connectivity index (χ4v) is 4.88. The molecule has 0 spiro atoms. The van der Waals surface area contributed by atoms with Crippen molar-refractivity contribution in [3.8, 4) is 0 Å². The van der Waals surface area contributed by atoms with E-state index < -0.39 is 0 Å². The van der Waals surface area contributed by atoms with Gasteiger partial charge in [-0.2, -0.15) is 0 Å². The minimum Gasteiger partial charge on any atom is -0.465 e. The molecule has 3 rings (SSSR count). The number of esters is 1. The molecular formula is C16H21NO3S. The quantitative estimate of drug-likeness (QED) is 0.869. The third kappa shape index (κ3) is 2.48. The van der Waals surface area contributed by atoms with Crippen molar-refractivity contribution in [2.45, 2.75) is 39.5 Å². The average Bonchev–Trinajstić information content (AvgIpc) is 3.14. The second kappa shape index (κ2) is 5.44. The number of hydrogen-bond acceptors (Lipinski definition) is 4. The van der Waals surface area contributed by atoms with E-state index in [1.54, 1.807) is 0 Å². The molecular weight excluding hydrogens is 286 g/mol. The summed E-state index contributed by atoms with van der Waals surface area (Å²) in [5, 5.41) is 3.64. The summed E-state index contributed by atoms with van der Waals surface area (Å²) < 4.78 is 4.84. The van der Waals surface area contributed by atoms with E-state index in [0.29, 0.717) is 16.5 Å². The van der Waals surface area contributed by atoms with E-state index in [1.165, 1.54) is 37.7 Å². The van der Waals surface area contributed by atoms with Gasteiger partial charge in [-0.1, -0.05) is 6.42 Å². The van der Waals surface area contributed by atoms with Gasteiger partial charge in [0.2, 0.25) is 5.91 Å². The summed E-state index contributed by atoms with van der Waals surface area (Å²) in [7, 11) is 1.37. The molecule has 1 heterocycles. The first-order chi connectivity index (χ1) is 10.0. The minimum atomic E-state index is -0.375. The zero-order chi connectivity index (χ0) is 15.1. The summed E-state index contributed by atoms with van der Waals surface area (Å²) in [6, 6.07) is 0. The Bertz CT molecular complexity index is 593. The molecule has 1 aromatic rings. The Morgan fingerprint density at radius 2 is 2.00 bits per heavy atom. The number of aryl methyl sites for hydroxylation is 1. The summed E-state index contributed by atoms with van der Waals surface area (Å²) in [6.45, 7) is 3.85. The van der Waals surface area contributed by atoms with Crippen molar-refractivity contribution in [3.63, 3.8) is 0 Å². The van der Waals surface area contributed by atoms with Crippen LogP contribution in [0.3, 0.4) is 0 Å². The molecule has 114 valence electrons. The Labute approximate surface area is 128 Å². The van der Waals surface area contributed by atoms with Crippen LogP contribution in [-0.2, 0) is 9.53 Å². The number of carbonyl (C=O) groups excluding carboxylic acids is 2. The first kappa shape index (κ1) is 14.6. The van der Waals surface area contributed by atoms with Crippen LogP contribution in [-0.4, -0.2) is 19.0 Å². The molecule has 0 aromatic carbocycles. The van der Waals surface area contributed by atoms with E-state index in [1.807, 2.05) is 13.8 Å². The van der Waals surface area contributed by atoms with Gasteiger partial charge in [0, 0.05) is 10.8 Å². The number of methoxy groups -OCH3 is 1. The molecule has 5 heteroatoms. The highest BCUT2D eigenvalue weighted by Crippen LogP contribution is 2.48. The predicted octanol–water partition coefficient (Wildman–Crippen LogP) is 3.53. The molecule has 2 saturated carbocycles. The highest BCUT2D eigenvalue weighted by Gasteiger charge is 2.43. The molecule has 0 radical (unpaired) electrons. The standard InChI is InChI=1S/C16H21NO3S/c1-8-9(2)21-15(13(8)16(19)20-3)17-14(18)12-7-10-4-5-11(12)6-10/h10-12H,4-7H2,1-3H3,(H,17,18). The number of amides is 1. The Morgan fingerprint density at radius 1 is 1.24 bits per heavy atom.